The molecule has 4 aliphatic rings. The zero-order valence-electron chi connectivity index (χ0n) is 42.8. The van der Waals surface area contributed by atoms with Crippen LogP contribution < -0.4 is 46.9 Å². The highest BCUT2D eigenvalue weighted by atomic mass is 28.3. The molecule has 3 heterocycles. The molecule has 1 aliphatic carbocycles. The van der Waals surface area contributed by atoms with Crippen molar-refractivity contribution in [3.63, 3.8) is 0 Å². The Bertz CT molecular complexity index is 3250. The van der Waals surface area contributed by atoms with Crippen molar-refractivity contribution in [3.05, 3.63) is 198 Å². The van der Waals surface area contributed by atoms with Crippen LogP contribution in [0.2, 0.25) is 0 Å². The summed E-state index contributed by atoms with van der Waals surface area (Å²) in [5.74, 6) is 0.519. The van der Waals surface area contributed by atoms with Crippen molar-refractivity contribution in [1.82, 2.24) is 0 Å². The number of hydrogen-bond acceptors (Lipinski definition) is 2. The number of hydrogen-bond donors (Lipinski definition) is 0. The monoisotopic (exact) mass is 927 g/mol. The molecule has 8 aromatic carbocycles. The number of fused-ring (bicyclic) bond motifs is 7. The average Bonchev–Trinajstić information content (AvgIpc) is 3.65. The summed E-state index contributed by atoms with van der Waals surface area (Å²) in [7, 11) is -2.82. The lowest BCUT2D eigenvalue weighted by molar-refractivity contribution is 0.444. The number of benzene rings is 8. The summed E-state index contributed by atoms with van der Waals surface area (Å²) in [5, 5.41) is 5.83. The number of rotatable bonds is 5. The molecule has 0 bridgehead atoms. The molecule has 0 amide bonds. The second kappa shape index (κ2) is 16.4. The fourth-order valence-electron chi connectivity index (χ4n) is 12.9. The highest BCUT2D eigenvalue weighted by molar-refractivity contribution is 7.22. The van der Waals surface area contributed by atoms with Crippen molar-refractivity contribution in [3.8, 4) is 11.1 Å². The number of nitrogens with zero attached hydrogens (tertiary/aromatic N) is 2. The molecule has 8 aromatic rings. The Labute approximate surface area is 419 Å². The van der Waals surface area contributed by atoms with Crippen LogP contribution in [0, 0.1) is 0 Å². The van der Waals surface area contributed by atoms with E-state index in [9.17, 15) is 0 Å². The molecule has 0 N–H and O–H groups in total. The zero-order valence-corrected chi connectivity index (χ0v) is 43.8. The van der Waals surface area contributed by atoms with Gasteiger partial charge in [0.25, 0.3) is 6.71 Å². The van der Waals surface area contributed by atoms with E-state index in [0.717, 1.165) is 0 Å². The first-order chi connectivity index (χ1) is 33.6. The second-order valence-electron chi connectivity index (χ2n) is 24.0. The standard InChI is InChI=1S/C66H67BN2Si/c1-64(2,3)46-29-34-49(35-30-46)68-57-38-33-48(66(7,8)9)41-55(57)67-56-43-62-54(53-27-19-20-28-61(53)70(62,51-23-15-11-16-24-51)52-25-17-12-18-26-52)42-58(56)69(50-36-31-47(32-37-50)65(4,5)6)60-40-45(39-59(68)63(60)67)44-21-13-10-14-22-44/h11-12,15-20,23-44H,10,13-14,21-22H2,1-9H3. The molecule has 348 valence electrons. The lowest BCUT2D eigenvalue weighted by Crippen LogP contribution is -2.73. The minimum absolute atomic E-state index is 0.000150. The normalized spacial score (nSPS) is 16.0. The van der Waals surface area contributed by atoms with Crippen LogP contribution in [0.5, 0.6) is 0 Å². The van der Waals surface area contributed by atoms with Gasteiger partial charge in [-0.3, -0.25) is 0 Å². The van der Waals surface area contributed by atoms with Gasteiger partial charge in [0, 0.05) is 34.1 Å². The van der Waals surface area contributed by atoms with Crippen molar-refractivity contribution >= 4 is 86.0 Å². The average molecular weight is 927 g/mol. The fraction of sp³-hybridized carbons (Fsp3) is 0.273. The van der Waals surface area contributed by atoms with Crippen molar-refractivity contribution in [2.24, 2.45) is 0 Å². The Morgan fingerprint density at radius 3 is 1.44 bits per heavy atom. The molecule has 1 fully saturated rings. The quantitative estimate of drug-likeness (QED) is 0.159. The largest absolute Gasteiger partial charge is 0.311 e. The highest BCUT2D eigenvalue weighted by Crippen LogP contribution is 2.48. The first kappa shape index (κ1) is 44.8. The molecule has 3 aliphatic heterocycles. The summed E-state index contributed by atoms with van der Waals surface area (Å²) in [4.78, 5) is 5.34. The van der Waals surface area contributed by atoms with Crippen LogP contribution in [0.15, 0.2) is 176 Å². The minimum atomic E-state index is -2.82. The summed E-state index contributed by atoms with van der Waals surface area (Å²) >= 11 is 0. The van der Waals surface area contributed by atoms with E-state index in [-0.39, 0.29) is 23.0 Å². The Balaban J connectivity index is 1.22. The Hall–Kier alpha value is -6.36. The van der Waals surface area contributed by atoms with Gasteiger partial charge in [-0.15, -0.1) is 0 Å². The maximum Gasteiger partial charge on any atom is 0.252 e. The lowest BCUT2D eigenvalue weighted by atomic mass is 9.33. The topological polar surface area (TPSA) is 6.48 Å². The van der Waals surface area contributed by atoms with Crippen molar-refractivity contribution in [2.45, 2.75) is 117 Å². The highest BCUT2D eigenvalue weighted by Gasteiger charge is 2.52. The first-order valence-electron chi connectivity index (χ1n) is 26.2. The van der Waals surface area contributed by atoms with E-state index in [1.165, 1.54) is 137 Å². The van der Waals surface area contributed by atoms with E-state index in [1.54, 1.807) is 0 Å². The minimum Gasteiger partial charge on any atom is -0.311 e. The van der Waals surface area contributed by atoms with Gasteiger partial charge in [0.05, 0.1) is 0 Å². The summed E-state index contributed by atoms with van der Waals surface area (Å²) < 4.78 is 0. The van der Waals surface area contributed by atoms with Gasteiger partial charge in [0.15, 0.2) is 8.07 Å². The molecular weight excluding hydrogens is 860 g/mol. The predicted octanol–water partition coefficient (Wildman–Crippen LogP) is 13.1. The lowest BCUT2D eigenvalue weighted by Gasteiger charge is -2.46. The third kappa shape index (κ3) is 7.02. The zero-order chi connectivity index (χ0) is 48.3. The van der Waals surface area contributed by atoms with Crippen molar-refractivity contribution < 1.29 is 0 Å². The van der Waals surface area contributed by atoms with Crippen LogP contribution in [-0.2, 0) is 16.2 Å². The molecule has 4 heteroatoms. The van der Waals surface area contributed by atoms with Gasteiger partial charge in [0.1, 0.15) is 0 Å². The van der Waals surface area contributed by atoms with E-state index in [0.29, 0.717) is 5.92 Å². The third-order valence-corrected chi connectivity index (χ3v) is 21.5. The van der Waals surface area contributed by atoms with Crippen molar-refractivity contribution in [1.29, 1.82) is 0 Å². The fourth-order valence-corrected chi connectivity index (χ4v) is 18.1. The summed E-state index contributed by atoms with van der Waals surface area (Å²) in [5.41, 5.74) is 20.2. The first-order valence-corrected chi connectivity index (χ1v) is 28.2. The van der Waals surface area contributed by atoms with E-state index in [4.69, 9.17) is 0 Å². The van der Waals surface area contributed by atoms with Gasteiger partial charge in [-0.25, -0.2) is 0 Å². The third-order valence-electron chi connectivity index (χ3n) is 16.6. The Morgan fingerprint density at radius 1 is 0.414 bits per heavy atom. The molecule has 0 atom stereocenters. The van der Waals surface area contributed by atoms with Crippen LogP contribution >= 0.6 is 0 Å². The molecule has 12 rings (SSSR count). The van der Waals surface area contributed by atoms with Crippen LogP contribution in [0.4, 0.5) is 34.1 Å². The maximum absolute atomic E-state index is 2.82. The molecule has 2 nitrogen and oxygen atoms in total. The van der Waals surface area contributed by atoms with E-state index >= 15 is 0 Å². The molecule has 0 saturated heterocycles. The van der Waals surface area contributed by atoms with Crippen LogP contribution in [0.3, 0.4) is 0 Å². The molecule has 0 aromatic heterocycles. The maximum atomic E-state index is 2.74. The smallest absolute Gasteiger partial charge is 0.252 e. The summed E-state index contributed by atoms with van der Waals surface area (Å²) in [6, 6.07) is 69.8. The van der Waals surface area contributed by atoms with Gasteiger partial charge < -0.3 is 9.80 Å². The molecular formula is C66H67BN2Si. The Kier molecular flexibility index (Phi) is 10.5. The van der Waals surface area contributed by atoms with Gasteiger partial charge in [-0.1, -0.05) is 209 Å². The van der Waals surface area contributed by atoms with Gasteiger partial charge >= 0.3 is 0 Å². The van der Waals surface area contributed by atoms with E-state index in [2.05, 4.69) is 248 Å². The van der Waals surface area contributed by atoms with Crippen molar-refractivity contribution in [2.75, 3.05) is 9.80 Å². The molecule has 1 saturated carbocycles. The number of anilines is 6. The molecule has 0 radical (unpaired) electrons. The molecule has 70 heavy (non-hydrogen) atoms. The Morgan fingerprint density at radius 2 is 0.900 bits per heavy atom. The van der Waals surface area contributed by atoms with Crippen LogP contribution in [0.1, 0.15) is 123 Å². The van der Waals surface area contributed by atoms with Crippen LogP contribution in [-0.4, -0.2) is 14.8 Å². The SMILES string of the molecule is CC(C)(C)c1ccc(N2c3ccc(C(C)(C)C)cc3B3c4cc5c(cc4N(c4ccc(C(C)(C)C)cc4)c4cc(C6CCCCC6)cc2c43)-c2ccccc2[Si]5(c2ccccc2)c2ccccc2)cc1. The van der Waals surface area contributed by atoms with E-state index < -0.39 is 8.07 Å². The summed E-state index contributed by atoms with van der Waals surface area (Å²) in [6.07, 6.45) is 6.38. The van der Waals surface area contributed by atoms with Crippen LogP contribution in [0.25, 0.3) is 11.1 Å². The molecule has 0 unspecified atom stereocenters. The second-order valence-corrected chi connectivity index (χ2v) is 27.7. The van der Waals surface area contributed by atoms with Gasteiger partial charge in [-0.05, 0) is 154 Å². The summed E-state index contributed by atoms with van der Waals surface area (Å²) in [6.45, 7) is 21.1. The van der Waals surface area contributed by atoms with E-state index in [1.807, 2.05) is 0 Å². The van der Waals surface area contributed by atoms with Gasteiger partial charge in [0.2, 0.25) is 0 Å². The van der Waals surface area contributed by atoms with Gasteiger partial charge in [-0.2, -0.15) is 0 Å². The predicted molar refractivity (Wildman–Crippen MR) is 305 cm³/mol. The molecule has 0 spiro atoms.